The maximum Gasteiger partial charge on any atom is 0.200 e. The molecular formula is C25H48N3O2Si2. The summed E-state index contributed by atoms with van der Waals surface area (Å²) in [6.07, 6.45) is 5.50. The Morgan fingerprint density at radius 2 is 1.66 bits per heavy atom. The molecule has 5 nitrogen and oxygen atoms in total. The van der Waals surface area contributed by atoms with Gasteiger partial charge in [0.25, 0.3) is 0 Å². The first-order valence-corrected chi connectivity index (χ1v) is 17.5. The SMILES string of the molecule is CC(C)[Si](O[C@H]1C[C@H](Nc2[c]cncn2)C[C@@H]1CO[Si](C)(C)C(C)(C)C)(C(C)C)C(C)C. The fraction of sp³-hybridized carbons (Fsp3) is 0.840. The van der Waals surface area contributed by atoms with E-state index in [9.17, 15) is 0 Å². The molecule has 32 heavy (non-hydrogen) atoms. The van der Waals surface area contributed by atoms with Gasteiger partial charge in [0.1, 0.15) is 12.1 Å². The Hall–Kier alpha value is -0.766. The molecule has 2 rings (SSSR count). The third-order valence-corrected chi connectivity index (χ3v) is 18.7. The van der Waals surface area contributed by atoms with Crippen LogP contribution in [-0.4, -0.2) is 45.4 Å². The molecule has 0 aliphatic heterocycles. The maximum atomic E-state index is 7.31. The van der Waals surface area contributed by atoms with Crippen LogP contribution in [0.3, 0.4) is 0 Å². The van der Waals surface area contributed by atoms with Crippen molar-refractivity contribution in [2.24, 2.45) is 5.92 Å². The van der Waals surface area contributed by atoms with Crippen molar-refractivity contribution < 1.29 is 8.85 Å². The van der Waals surface area contributed by atoms with Crippen molar-refractivity contribution >= 4 is 22.5 Å². The van der Waals surface area contributed by atoms with Crippen LogP contribution in [0.1, 0.15) is 75.2 Å². The molecule has 1 aromatic rings. The lowest BCUT2D eigenvalue weighted by Crippen LogP contribution is -2.51. The summed E-state index contributed by atoms with van der Waals surface area (Å²) in [6.45, 7) is 26.6. The summed E-state index contributed by atoms with van der Waals surface area (Å²) in [5.41, 5.74) is 1.73. The predicted molar refractivity (Wildman–Crippen MR) is 140 cm³/mol. The summed E-state index contributed by atoms with van der Waals surface area (Å²) >= 11 is 0. The minimum atomic E-state index is -1.97. The first-order valence-electron chi connectivity index (χ1n) is 12.5. The minimum absolute atomic E-state index is 0.210. The molecule has 0 saturated heterocycles. The number of nitrogens with one attached hydrogen (secondary N) is 1. The summed E-state index contributed by atoms with van der Waals surface area (Å²) in [7, 11) is -3.79. The number of nitrogens with zero attached hydrogens (tertiary/aromatic N) is 2. The van der Waals surface area contributed by atoms with E-state index in [2.05, 4.69) is 96.8 Å². The van der Waals surface area contributed by atoms with Crippen LogP contribution >= 0.6 is 0 Å². The van der Waals surface area contributed by atoms with E-state index in [1.165, 1.54) is 0 Å². The molecule has 3 atom stereocenters. The van der Waals surface area contributed by atoms with Crippen molar-refractivity contribution in [3.05, 3.63) is 18.6 Å². The molecule has 1 aliphatic carbocycles. The van der Waals surface area contributed by atoms with Gasteiger partial charge in [-0.2, -0.15) is 0 Å². The Labute approximate surface area is 199 Å². The van der Waals surface area contributed by atoms with Crippen molar-refractivity contribution in [2.75, 3.05) is 11.9 Å². The lowest BCUT2D eigenvalue weighted by atomic mass is 10.1. The van der Waals surface area contributed by atoms with Crippen molar-refractivity contribution in [3.8, 4) is 0 Å². The minimum Gasteiger partial charge on any atom is -0.416 e. The molecule has 7 heteroatoms. The molecule has 183 valence electrons. The van der Waals surface area contributed by atoms with Crippen LogP contribution in [0.5, 0.6) is 0 Å². The monoisotopic (exact) mass is 478 g/mol. The van der Waals surface area contributed by atoms with Crippen LogP contribution in [0.15, 0.2) is 12.5 Å². The highest BCUT2D eigenvalue weighted by molar-refractivity contribution is 6.77. The molecule has 1 saturated carbocycles. The van der Waals surface area contributed by atoms with Crippen LogP contribution in [0.4, 0.5) is 5.82 Å². The van der Waals surface area contributed by atoms with Gasteiger partial charge < -0.3 is 14.2 Å². The first-order chi connectivity index (χ1) is 14.7. The number of aromatic nitrogens is 2. The van der Waals surface area contributed by atoms with Gasteiger partial charge in [0, 0.05) is 30.8 Å². The van der Waals surface area contributed by atoms with E-state index in [4.69, 9.17) is 8.85 Å². The van der Waals surface area contributed by atoms with Gasteiger partial charge in [0.05, 0.1) is 6.10 Å². The molecule has 0 bridgehead atoms. The van der Waals surface area contributed by atoms with Gasteiger partial charge in [-0.25, -0.2) is 9.97 Å². The van der Waals surface area contributed by atoms with E-state index < -0.39 is 16.6 Å². The summed E-state index contributed by atoms with van der Waals surface area (Å²) in [5.74, 6) is 1.17. The molecule has 0 unspecified atom stereocenters. The average Bonchev–Trinajstić information content (AvgIpc) is 3.04. The molecule has 1 fully saturated rings. The van der Waals surface area contributed by atoms with Gasteiger partial charge in [0.15, 0.2) is 8.32 Å². The van der Waals surface area contributed by atoms with Crippen LogP contribution in [-0.2, 0) is 8.85 Å². The second-order valence-corrected chi connectivity index (χ2v) is 22.3. The van der Waals surface area contributed by atoms with Gasteiger partial charge in [-0.3, -0.25) is 0 Å². The molecule has 1 N–H and O–H groups in total. The fourth-order valence-corrected chi connectivity index (χ4v) is 12.0. The van der Waals surface area contributed by atoms with E-state index in [0.29, 0.717) is 28.6 Å². The van der Waals surface area contributed by atoms with Crippen LogP contribution < -0.4 is 5.32 Å². The number of anilines is 1. The van der Waals surface area contributed by atoms with E-state index in [0.717, 1.165) is 25.3 Å². The predicted octanol–water partition coefficient (Wildman–Crippen LogP) is 7.05. The Kier molecular flexibility index (Phi) is 9.15. The zero-order valence-corrected chi connectivity index (χ0v) is 24.5. The Morgan fingerprint density at radius 1 is 1.06 bits per heavy atom. The van der Waals surface area contributed by atoms with Crippen LogP contribution in [0.2, 0.25) is 34.8 Å². The van der Waals surface area contributed by atoms with Gasteiger partial charge in [-0.05, 0) is 47.6 Å². The van der Waals surface area contributed by atoms with E-state index >= 15 is 0 Å². The van der Waals surface area contributed by atoms with Crippen molar-refractivity contribution in [3.63, 3.8) is 0 Å². The van der Waals surface area contributed by atoms with Crippen molar-refractivity contribution in [2.45, 2.75) is 122 Å². The van der Waals surface area contributed by atoms with Gasteiger partial charge in [-0.15, -0.1) is 0 Å². The van der Waals surface area contributed by atoms with Crippen molar-refractivity contribution in [1.82, 2.24) is 9.97 Å². The highest BCUT2D eigenvalue weighted by Crippen LogP contribution is 2.46. The third-order valence-electron chi connectivity index (χ3n) is 8.03. The Bertz CT molecular complexity index is 683. The average molecular weight is 479 g/mol. The summed E-state index contributed by atoms with van der Waals surface area (Å²) < 4.78 is 14.0. The zero-order valence-electron chi connectivity index (χ0n) is 22.5. The van der Waals surface area contributed by atoms with Gasteiger partial charge in [-0.1, -0.05) is 62.3 Å². The van der Waals surface area contributed by atoms with Crippen molar-refractivity contribution in [1.29, 1.82) is 0 Å². The smallest absolute Gasteiger partial charge is 0.200 e. The molecule has 1 heterocycles. The molecule has 0 aromatic carbocycles. The number of hydrogen-bond donors (Lipinski definition) is 1. The zero-order chi connectivity index (χ0) is 24.3. The molecular weight excluding hydrogens is 430 g/mol. The fourth-order valence-electron chi connectivity index (χ4n) is 5.26. The molecule has 1 aromatic heterocycles. The van der Waals surface area contributed by atoms with E-state index in [1.807, 2.05) is 0 Å². The quantitative estimate of drug-likeness (QED) is 0.365. The summed E-state index contributed by atoms with van der Waals surface area (Å²) in [6, 6.07) is 3.43. The molecule has 0 amide bonds. The summed E-state index contributed by atoms with van der Waals surface area (Å²) in [5, 5.41) is 3.80. The van der Waals surface area contributed by atoms with Gasteiger partial charge in [0.2, 0.25) is 8.32 Å². The normalized spacial score (nSPS) is 22.9. The maximum absolute atomic E-state index is 7.31. The van der Waals surface area contributed by atoms with E-state index in [1.54, 1.807) is 12.5 Å². The molecule has 0 spiro atoms. The standard InChI is InChI=1S/C25H48N3O2Si2/c1-18(2)32(19(3)4,20(5)6)30-23-15-22(28-24-12-13-26-17-27-24)14-21(23)16-29-31(10,11)25(7,8)9/h13,17-23H,14-16H2,1-11H3,(H,26,27,28)/t21-,22-,23+/m1/s1. The lowest BCUT2D eigenvalue weighted by molar-refractivity contribution is 0.0971. The first kappa shape index (κ1) is 27.5. The molecule has 1 radical (unpaired) electrons. The Balaban J connectivity index is 2.25. The van der Waals surface area contributed by atoms with Crippen LogP contribution in [0, 0.1) is 12.0 Å². The summed E-state index contributed by atoms with van der Waals surface area (Å²) in [4.78, 5) is 8.33. The van der Waals surface area contributed by atoms with Crippen LogP contribution in [0.25, 0.3) is 0 Å². The van der Waals surface area contributed by atoms with Gasteiger partial charge >= 0.3 is 0 Å². The second kappa shape index (κ2) is 10.7. The topological polar surface area (TPSA) is 56.3 Å². The lowest BCUT2D eigenvalue weighted by Gasteiger charge is -2.45. The number of hydrogen-bond acceptors (Lipinski definition) is 5. The highest BCUT2D eigenvalue weighted by atomic mass is 28.4. The third kappa shape index (κ3) is 6.21. The second-order valence-electron chi connectivity index (χ2n) is 12.1. The highest BCUT2D eigenvalue weighted by Gasteiger charge is 2.50. The number of rotatable bonds is 10. The molecule has 1 aliphatic rings. The van der Waals surface area contributed by atoms with E-state index in [-0.39, 0.29) is 11.1 Å². The Morgan fingerprint density at radius 3 is 2.12 bits per heavy atom. The largest absolute Gasteiger partial charge is 0.416 e.